The van der Waals surface area contributed by atoms with Gasteiger partial charge in [0.05, 0.1) is 0 Å². The highest BCUT2D eigenvalue weighted by molar-refractivity contribution is 5.84. The normalized spacial score (nSPS) is 11.0. The Morgan fingerprint density at radius 3 is 2.65 bits per heavy atom. The number of para-hydroxylation sites is 1. The first-order valence-electron chi connectivity index (χ1n) is 6.61. The summed E-state index contributed by atoms with van der Waals surface area (Å²) in [6.07, 6.45) is 5.85. The Morgan fingerprint density at radius 2 is 1.75 bits per heavy atom. The van der Waals surface area contributed by atoms with Crippen molar-refractivity contribution >= 4 is 17.0 Å². The largest absolute Gasteiger partial charge is 0.487 e. The van der Waals surface area contributed by atoms with Gasteiger partial charge in [-0.2, -0.15) is 0 Å². The Kier molecular flexibility index (Phi) is 3.74. The molecule has 3 rings (SSSR count). The Labute approximate surface area is 118 Å². The van der Waals surface area contributed by atoms with Gasteiger partial charge in [-0.15, -0.1) is 0 Å². The Balaban J connectivity index is 1.70. The number of aromatic nitrogens is 1. The molecule has 3 aromatic rings. The number of pyridine rings is 1. The molecule has 1 aromatic heterocycles. The van der Waals surface area contributed by atoms with Gasteiger partial charge in [0.1, 0.15) is 17.9 Å². The Bertz CT molecular complexity index is 714. The molecule has 0 spiro atoms. The predicted octanol–water partition coefficient (Wildman–Crippen LogP) is 4.33. The molecule has 2 aromatic carbocycles. The van der Waals surface area contributed by atoms with Crippen LogP contribution in [0.15, 0.2) is 72.9 Å². The lowest BCUT2D eigenvalue weighted by molar-refractivity contribution is 0.367. The van der Waals surface area contributed by atoms with Crippen molar-refractivity contribution in [3.63, 3.8) is 0 Å². The molecule has 0 bridgehead atoms. The second kappa shape index (κ2) is 6.02. The first-order chi connectivity index (χ1) is 9.93. The molecule has 2 heteroatoms. The average Bonchev–Trinajstić information content (AvgIpc) is 2.53. The topological polar surface area (TPSA) is 22.1 Å². The smallest absolute Gasteiger partial charge is 0.145 e. The van der Waals surface area contributed by atoms with Gasteiger partial charge in [-0.05, 0) is 23.8 Å². The van der Waals surface area contributed by atoms with Crippen LogP contribution in [-0.4, -0.2) is 11.6 Å². The molecule has 0 unspecified atom stereocenters. The number of benzene rings is 2. The highest BCUT2D eigenvalue weighted by Gasteiger charge is 2.00. The van der Waals surface area contributed by atoms with E-state index < -0.39 is 0 Å². The second-order valence-corrected chi connectivity index (χ2v) is 4.46. The predicted molar refractivity (Wildman–Crippen MR) is 82.7 cm³/mol. The molecular weight excluding hydrogens is 246 g/mol. The number of ether oxygens (including phenoxy) is 1. The van der Waals surface area contributed by atoms with E-state index in [2.05, 4.69) is 23.2 Å². The zero-order valence-corrected chi connectivity index (χ0v) is 11.1. The van der Waals surface area contributed by atoms with Crippen LogP contribution < -0.4 is 4.74 Å². The van der Waals surface area contributed by atoms with Gasteiger partial charge in [-0.25, -0.2) is 0 Å². The van der Waals surface area contributed by atoms with Crippen molar-refractivity contribution in [1.29, 1.82) is 0 Å². The SMILES string of the molecule is C(=C\c1ccccc1)/COc1cccc2cccnc12. The van der Waals surface area contributed by atoms with E-state index in [0.717, 1.165) is 16.7 Å². The highest BCUT2D eigenvalue weighted by atomic mass is 16.5. The molecule has 0 fully saturated rings. The van der Waals surface area contributed by atoms with Crippen LogP contribution in [0.1, 0.15) is 5.56 Å². The monoisotopic (exact) mass is 261 g/mol. The van der Waals surface area contributed by atoms with E-state index in [9.17, 15) is 0 Å². The van der Waals surface area contributed by atoms with Crippen molar-refractivity contribution < 1.29 is 4.74 Å². The van der Waals surface area contributed by atoms with E-state index in [1.807, 2.05) is 54.6 Å². The lowest BCUT2D eigenvalue weighted by Crippen LogP contribution is -1.94. The molecule has 98 valence electrons. The van der Waals surface area contributed by atoms with Gasteiger partial charge >= 0.3 is 0 Å². The van der Waals surface area contributed by atoms with Gasteiger partial charge in [-0.1, -0.05) is 54.6 Å². The van der Waals surface area contributed by atoms with Crippen molar-refractivity contribution in [2.24, 2.45) is 0 Å². The molecule has 0 saturated heterocycles. The summed E-state index contributed by atoms with van der Waals surface area (Å²) >= 11 is 0. The molecule has 0 aliphatic heterocycles. The first kappa shape index (κ1) is 12.4. The molecule has 1 heterocycles. The molecule has 2 nitrogen and oxygen atoms in total. The zero-order chi connectivity index (χ0) is 13.6. The third-order valence-corrected chi connectivity index (χ3v) is 3.04. The van der Waals surface area contributed by atoms with Gasteiger partial charge in [0, 0.05) is 11.6 Å². The van der Waals surface area contributed by atoms with Crippen LogP contribution in [0.4, 0.5) is 0 Å². The summed E-state index contributed by atoms with van der Waals surface area (Å²) in [5.41, 5.74) is 2.08. The Morgan fingerprint density at radius 1 is 0.900 bits per heavy atom. The molecule has 0 saturated carbocycles. The molecule has 0 radical (unpaired) electrons. The quantitative estimate of drug-likeness (QED) is 0.697. The summed E-state index contributed by atoms with van der Waals surface area (Å²) in [6, 6.07) is 20.1. The average molecular weight is 261 g/mol. The van der Waals surface area contributed by atoms with Gasteiger partial charge in [-0.3, -0.25) is 4.98 Å². The van der Waals surface area contributed by atoms with Crippen LogP contribution >= 0.6 is 0 Å². The van der Waals surface area contributed by atoms with Gasteiger partial charge in [0.15, 0.2) is 0 Å². The molecule has 0 aliphatic rings. The van der Waals surface area contributed by atoms with Crippen molar-refractivity contribution in [3.8, 4) is 5.75 Å². The molecule has 0 amide bonds. The standard InChI is InChI=1S/C18H15NO/c1-2-7-15(8-3-1)9-6-14-20-17-12-4-10-16-11-5-13-19-18(16)17/h1-13H,14H2/b9-6+. The maximum absolute atomic E-state index is 5.79. The molecule has 0 N–H and O–H groups in total. The van der Waals surface area contributed by atoms with Crippen LogP contribution in [-0.2, 0) is 0 Å². The van der Waals surface area contributed by atoms with Crippen LogP contribution in [0.25, 0.3) is 17.0 Å². The lowest BCUT2D eigenvalue weighted by Gasteiger charge is -2.06. The zero-order valence-electron chi connectivity index (χ0n) is 11.1. The summed E-state index contributed by atoms with van der Waals surface area (Å²) in [5, 5.41) is 1.09. The van der Waals surface area contributed by atoms with Crippen LogP contribution in [0, 0.1) is 0 Å². The van der Waals surface area contributed by atoms with E-state index >= 15 is 0 Å². The van der Waals surface area contributed by atoms with Crippen LogP contribution in [0.5, 0.6) is 5.75 Å². The van der Waals surface area contributed by atoms with E-state index in [1.165, 1.54) is 5.56 Å². The summed E-state index contributed by atoms with van der Waals surface area (Å²) in [4.78, 5) is 4.37. The van der Waals surface area contributed by atoms with Gasteiger partial charge in [0.25, 0.3) is 0 Å². The first-order valence-corrected chi connectivity index (χ1v) is 6.61. The molecular formula is C18H15NO. The minimum atomic E-state index is 0.532. The number of hydrogen-bond acceptors (Lipinski definition) is 2. The van der Waals surface area contributed by atoms with E-state index in [4.69, 9.17) is 4.74 Å². The fourth-order valence-electron chi connectivity index (χ4n) is 2.08. The summed E-state index contributed by atoms with van der Waals surface area (Å²) in [5.74, 6) is 0.820. The van der Waals surface area contributed by atoms with Crippen molar-refractivity contribution in [1.82, 2.24) is 4.98 Å². The fourth-order valence-corrected chi connectivity index (χ4v) is 2.08. The Hall–Kier alpha value is -2.61. The molecule has 0 atom stereocenters. The second-order valence-electron chi connectivity index (χ2n) is 4.46. The summed E-state index contributed by atoms with van der Waals surface area (Å²) < 4.78 is 5.79. The fraction of sp³-hybridized carbons (Fsp3) is 0.0556. The van der Waals surface area contributed by atoms with Gasteiger partial charge in [0.2, 0.25) is 0 Å². The third kappa shape index (κ3) is 2.86. The summed E-state index contributed by atoms with van der Waals surface area (Å²) in [6.45, 7) is 0.532. The van der Waals surface area contributed by atoms with Crippen molar-refractivity contribution in [2.75, 3.05) is 6.61 Å². The van der Waals surface area contributed by atoms with Crippen LogP contribution in [0.2, 0.25) is 0 Å². The molecule has 0 aliphatic carbocycles. The van der Waals surface area contributed by atoms with E-state index in [1.54, 1.807) is 6.20 Å². The maximum atomic E-state index is 5.79. The highest BCUT2D eigenvalue weighted by Crippen LogP contribution is 2.22. The lowest BCUT2D eigenvalue weighted by atomic mass is 10.2. The number of rotatable bonds is 4. The minimum Gasteiger partial charge on any atom is -0.487 e. The number of nitrogens with zero attached hydrogens (tertiary/aromatic N) is 1. The maximum Gasteiger partial charge on any atom is 0.145 e. The van der Waals surface area contributed by atoms with Crippen molar-refractivity contribution in [2.45, 2.75) is 0 Å². The van der Waals surface area contributed by atoms with E-state index in [-0.39, 0.29) is 0 Å². The van der Waals surface area contributed by atoms with Crippen molar-refractivity contribution in [3.05, 3.63) is 78.5 Å². The van der Waals surface area contributed by atoms with E-state index in [0.29, 0.717) is 6.61 Å². The minimum absolute atomic E-state index is 0.532. The van der Waals surface area contributed by atoms with Gasteiger partial charge < -0.3 is 4.74 Å². The van der Waals surface area contributed by atoms with Crippen LogP contribution in [0.3, 0.4) is 0 Å². The molecule has 20 heavy (non-hydrogen) atoms. The summed E-state index contributed by atoms with van der Waals surface area (Å²) in [7, 11) is 0. The third-order valence-electron chi connectivity index (χ3n) is 3.04. The number of fused-ring (bicyclic) bond motifs is 1. The number of hydrogen-bond donors (Lipinski definition) is 0.